The van der Waals surface area contributed by atoms with E-state index in [1.165, 1.54) is 18.2 Å². The quantitative estimate of drug-likeness (QED) is 0.198. The van der Waals surface area contributed by atoms with E-state index in [1.54, 1.807) is 37.3 Å². The summed E-state index contributed by atoms with van der Waals surface area (Å²) in [5.41, 5.74) is 0.220. The van der Waals surface area contributed by atoms with E-state index in [4.69, 9.17) is 19.2 Å². The maximum atomic E-state index is 10.1. The van der Waals surface area contributed by atoms with Crippen LogP contribution in [0, 0.1) is 0 Å². The minimum Gasteiger partial charge on any atom is -0.545 e. The van der Waals surface area contributed by atoms with Gasteiger partial charge in [0.05, 0.1) is 11.9 Å². The fourth-order valence-electron chi connectivity index (χ4n) is 0.819. The predicted octanol–water partition coefficient (Wildman–Crippen LogP) is -7.00. The SMILES string of the molecule is C/C=C/C=C/C(=O)[O-].O=C([O-])c1ccccc1.O=P(O)(O)O.[K+].[Na+]. The van der Waals surface area contributed by atoms with E-state index in [0.29, 0.717) is 0 Å². The van der Waals surface area contributed by atoms with Crippen molar-refractivity contribution in [3.8, 4) is 0 Å². The molecule has 0 atom stereocenters. The third-order valence-corrected chi connectivity index (χ3v) is 1.55. The van der Waals surface area contributed by atoms with Crippen LogP contribution in [0.15, 0.2) is 54.6 Å². The van der Waals surface area contributed by atoms with Gasteiger partial charge in [0.1, 0.15) is 0 Å². The summed E-state index contributed by atoms with van der Waals surface area (Å²) in [5.74, 6) is -2.29. The first-order chi connectivity index (χ1) is 10.1. The van der Waals surface area contributed by atoms with E-state index in [0.717, 1.165) is 6.08 Å². The van der Waals surface area contributed by atoms with Crippen LogP contribution in [0.25, 0.3) is 0 Å². The molecule has 122 valence electrons. The normalized spacial score (nSPS) is 9.50. The number of carbonyl (C=O) groups is 2. The summed E-state index contributed by atoms with van der Waals surface area (Å²) < 4.78 is 8.88. The van der Waals surface area contributed by atoms with Crippen LogP contribution in [-0.2, 0) is 9.36 Å². The summed E-state index contributed by atoms with van der Waals surface area (Å²) in [6.07, 6.45) is 5.74. The molecule has 3 N–H and O–H groups in total. The molecule has 1 aromatic carbocycles. The molecular weight excluding hydrogens is 377 g/mol. The van der Waals surface area contributed by atoms with Gasteiger partial charge in [-0.25, -0.2) is 4.57 Å². The van der Waals surface area contributed by atoms with Crippen molar-refractivity contribution in [1.29, 1.82) is 0 Å². The van der Waals surface area contributed by atoms with Gasteiger partial charge >= 0.3 is 88.8 Å². The largest absolute Gasteiger partial charge is 1.00 e. The van der Waals surface area contributed by atoms with E-state index in [1.807, 2.05) is 0 Å². The van der Waals surface area contributed by atoms with E-state index in [9.17, 15) is 19.8 Å². The van der Waals surface area contributed by atoms with Gasteiger partial charge in [-0.2, -0.15) is 0 Å². The number of aromatic carboxylic acids is 1. The first kappa shape index (κ1) is 32.1. The summed E-state index contributed by atoms with van der Waals surface area (Å²) in [4.78, 5) is 41.3. The molecule has 11 heteroatoms. The number of phosphoric acid groups is 1. The van der Waals surface area contributed by atoms with Crippen LogP contribution in [0.2, 0.25) is 0 Å². The maximum Gasteiger partial charge on any atom is 1.00 e. The standard InChI is InChI=1S/C7H6O2.C6H8O2.K.Na.H3O4P/c8-7(9)6-4-2-1-3-5-6;1-2-3-4-5-6(7)8;;;1-5(2,3)4/h1-5H,(H,8,9);2-5H,1H3,(H,7,8);;;(H3,1,2,3,4)/q;;2*+1;/p-2/b;3-2+,5-4+;;;. The number of carboxylic acid groups (broad SMARTS) is 2. The zero-order chi connectivity index (χ0) is 17.6. The Hall–Kier alpha value is 0.386. The molecular formula is C13H15KNaO8P. The summed E-state index contributed by atoms with van der Waals surface area (Å²) in [6.45, 7) is 1.81. The zero-order valence-corrected chi connectivity index (χ0v) is 19.5. The summed E-state index contributed by atoms with van der Waals surface area (Å²) >= 11 is 0. The molecule has 0 amide bonds. The Kier molecular flexibility index (Phi) is 26.4. The van der Waals surface area contributed by atoms with Gasteiger partial charge in [-0.15, -0.1) is 0 Å². The molecule has 0 fully saturated rings. The molecule has 0 aliphatic rings. The van der Waals surface area contributed by atoms with Crippen LogP contribution in [0.3, 0.4) is 0 Å². The van der Waals surface area contributed by atoms with Gasteiger partial charge in [0.2, 0.25) is 0 Å². The number of aliphatic carboxylic acids is 1. The van der Waals surface area contributed by atoms with Crippen LogP contribution in [0.1, 0.15) is 17.3 Å². The Morgan fingerprint density at radius 3 is 1.71 bits per heavy atom. The molecule has 24 heavy (non-hydrogen) atoms. The molecule has 0 aliphatic heterocycles. The molecule has 0 heterocycles. The number of carbonyl (C=O) groups excluding carboxylic acids is 2. The van der Waals surface area contributed by atoms with Crippen molar-refractivity contribution in [3.05, 3.63) is 60.2 Å². The number of carboxylic acids is 2. The number of hydrogen-bond acceptors (Lipinski definition) is 5. The van der Waals surface area contributed by atoms with Crippen molar-refractivity contribution in [1.82, 2.24) is 0 Å². The van der Waals surface area contributed by atoms with Crippen LogP contribution in [0.4, 0.5) is 0 Å². The number of hydrogen-bond donors (Lipinski definition) is 3. The second-order valence-corrected chi connectivity index (χ2v) is 4.40. The first-order valence-corrected chi connectivity index (χ1v) is 7.19. The molecule has 1 rings (SSSR count). The fourth-order valence-corrected chi connectivity index (χ4v) is 0.819. The van der Waals surface area contributed by atoms with Crippen LogP contribution < -0.4 is 91.2 Å². The summed E-state index contributed by atoms with van der Waals surface area (Å²) in [5, 5.41) is 19.7. The van der Waals surface area contributed by atoms with Crippen LogP contribution in [-0.4, -0.2) is 26.6 Å². The zero-order valence-electron chi connectivity index (χ0n) is 13.5. The summed E-state index contributed by atoms with van der Waals surface area (Å²) in [6, 6.07) is 8.06. The second-order valence-electron chi connectivity index (χ2n) is 3.37. The molecule has 0 saturated carbocycles. The average molecular weight is 392 g/mol. The van der Waals surface area contributed by atoms with E-state index < -0.39 is 19.8 Å². The van der Waals surface area contributed by atoms with Gasteiger partial charge < -0.3 is 34.5 Å². The minimum absolute atomic E-state index is 0. The number of rotatable bonds is 3. The molecule has 0 saturated heterocycles. The molecule has 0 aliphatic carbocycles. The molecule has 0 bridgehead atoms. The Morgan fingerprint density at radius 2 is 1.46 bits per heavy atom. The molecule has 0 spiro atoms. The van der Waals surface area contributed by atoms with Crippen molar-refractivity contribution in [3.63, 3.8) is 0 Å². The maximum absolute atomic E-state index is 10.1. The van der Waals surface area contributed by atoms with Crippen molar-refractivity contribution in [2.75, 3.05) is 0 Å². The van der Waals surface area contributed by atoms with Crippen molar-refractivity contribution in [2.45, 2.75) is 6.92 Å². The van der Waals surface area contributed by atoms with Gasteiger partial charge in [-0.3, -0.25) is 0 Å². The molecule has 0 radical (unpaired) electrons. The van der Waals surface area contributed by atoms with Gasteiger partial charge in [0.25, 0.3) is 0 Å². The predicted molar refractivity (Wildman–Crippen MR) is 74.0 cm³/mol. The third-order valence-electron chi connectivity index (χ3n) is 1.55. The van der Waals surface area contributed by atoms with Crippen molar-refractivity contribution < 1.29 is 120 Å². The van der Waals surface area contributed by atoms with Crippen molar-refractivity contribution in [2.24, 2.45) is 0 Å². The van der Waals surface area contributed by atoms with Crippen LogP contribution >= 0.6 is 7.82 Å². The van der Waals surface area contributed by atoms with E-state index >= 15 is 0 Å². The monoisotopic (exact) mass is 392 g/mol. The third kappa shape index (κ3) is 33.9. The number of benzene rings is 1. The molecule has 0 aromatic heterocycles. The van der Waals surface area contributed by atoms with Gasteiger partial charge in [0, 0.05) is 0 Å². The average Bonchev–Trinajstić information content (AvgIpc) is 2.38. The first-order valence-electron chi connectivity index (χ1n) is 5.63. The topological polar surface area (TPSA) is 158 Å². The Labute approximate surface area is 204 Å². The smallest absolute Gasteiger partial charge is 0.545 e. The Bertz CT molecular complexity index is 548. The molecule has 1 aromatic rings. The minimum atomic E-state index is -4.64. The van der Waals surface area contributed by atoms with Crippen LogP contribution in [0.5, 0.6) is 0 Å². The number of allylic oxidation sites excluding steroid dienone is 3. The van der Waals surface area contributed by atoms with E-state index in [-0.39, 0.29) is 86.5 Å². The Morgan fingerprint density at radius 1 is 1.04 bits per heavy atom. The van der Waals surface area contributed by atoms with Gasteiger partial charge in [0.15, 0.2) is 0 Å². The van der Waals surface area contributed by atoms with Gasteiger partial charge in [-0.05, 0) is 18.6 Å². The second kappa shape index (κ2) is 19.7. The van der Waals surface area contributed by atoms with Gasteiger partial charge in [-0.1, -0.05) is 48.6 Å². The fraction of sp³-hybridized carbons (Fsp3) is 0.0769. The Balaban J connectivity index is -0.000000125. The van der Waals surface area contributed by atoms with Crippen molar-refractivity contribution >= 4 is 19.8 Å². The molecule has 0 unspecified atom stereocenters. The summed E-state index contributed by atoms with van der Waals surface area (Å²) in [7, 11) is -4.64. The van der Waals surface area contributed by atoms with E-state index in [2.05, 4.69) is 0 Å². The molecule has 8 nitrogen and oxygen atoms in total.